The van der Waals surface area contributed by atoms with Crippen LogP contribution in [0.3, 0.4) is 0 Å². The molecule has 0 spiro atoms. The summed E-state index contributed by atoms with van der Waals surface area (Å²) in [5, 5.41) is 2.97. The number of para-hydroxylation sites is 1. The fourth-order valence-electron chi connectivity index (χ4n) is 2.25. The zero-order valence-electron chi connectivity index (χ0n) is 12.7. The van der Waals surface area contributed by atoms with Crippen LogP contribution in [0.4, 0.5) is 0 Å². The number of benzene rings is 2. The summed E-state index contributed by atoms with van der Waals surface area (Å²) in [6.45, 7) is 6.12. The maximum atomic E-state index is 12.0. The predicted octanol–water partition coefficient (Wildman–Crippen LogP) is 3.56. The lowest BCUT2D eigenvalue weighted by molar-refractivity contribution is -0.123. The Kier molecular flexibility index (Phi) is 4.99. The normalized spacial score (nSPS) is 11.8. The maximum absolute atomic E-state index is 12.0. The summed E-state index contributed by atoms with van der Waals surface area (Å²) in [6.07, 6.45) is 0. The Morgan fingerprint density at radius 1 is 1.14 bits per heavy atom. The zero-order valence-corrected chi connectivity index (χ0v) is 12.7. The van der Waals surface area contributed by atoms with E-state index in [0.717, 1.165) is 5.56 Å². The quantitative estimate of drug-likeness (QED) is 0.911. The van der Waals surface area contributed by atoms with E-state index >= 15 is 0 Å². The van der Waals surface area contributed by atoms with E-state index < -0.39 is 0 Å². The minimum Gasteiger partial charge on any atom is -0.484 e. The molecule has 0 aliphatic heterocycles. The van der Waals surface area contributed by atoms with E-state index in [2.05, 4.69) is 37.4 Å². The molecule has 0 radical (unpaired) electrons. The Morgan fingerprint density at radius 3 is 2.57 bits per heavy atom. The van der Waals surface area contributed by atoms with Gasteiger partial charge in [0, 0.05) is 0 Å². The molecule has 3 heteroatoms. The minimum absolute atomic E-state index is 0.0270. The van der Waals surface area contributed by atoms with Crippen LogP contribution in [0.15, 0.2) is 48.5 Å². The molecule has 0 heterocycles. The SMILES string of the molecule is Cc1ccc(C)c(C(C)NC(=O)COc2ccccc2)c1. The highest BCUT2D eigenvalue weighted by atomic mass is 16.5. The zero-order chi connectivity index (χ0) is 15.2. The summed E-state index contributed by atoms with van der Waals surface area (Å²) < 4.78 is 5.45. The van der Waals surface area contributed by atoms with Gasteiger partial charge in [-0.25, -0.2) is 0 Å². The fraction of sp³-hybridized carbons (Fsp3) is 0.278. The molecule has 0 aliphatic rings. The molecule has 0 fully saturated rings. The largest absolute Gasteiger partial charge is 0.484 e. The van der Waals surface area contributed by atoms with E-state index in [1.165, 1.54) is 11.1 Å². The van der Waals surface area contributed by atoms with Crippen LogP contribution < -0.4 is 10.1 Å². The van der Waals surface area contributed by atoms with Gasteiger partial charge in [-0.15, -0.1) is 0 Å². The number of hydrogen-bond donors (Lipinski definition) is 1. The Bertz CT molecular complexity index is 608. The molecule has 2 aromatic rings. The van der Waals surface area contributed by atoms with Crippen LogP contribution in [0.25, 0.3) is 0 Å². The van der Waals surface area contributed by atoms with Crippen molar-refractivity contribution < 1.29 is 9.53 Å². The average Bonchev–Trinajstić information content (AvgIpc) is 2.48. The predicted molar refractivity (Wildman–Crippen MR) is 84.4 cm³/mol. The number of aryl methyl sites for hydroxylation is 2. The molecule has 0 saturated carbocycles. The topological polar surface area (TPSA) is 38.3 Å². The lowest BCUT2D eigenvalue weighted by Gasteiger charge is -2.17. The van der Waals surface area contributed by atoms with Crippen molar-refractivity contribution in [3.8, 4) is 5.75 Å². The monoisotopic (exact) mass is 283 g/mol. The third kappa shape index (κ3) is 4.35. The van der Waals surface area contributed by atoms with Crippen molar-refractivity contribution in [1.82, 2.24) is 5.32 Å². The minimum atomic E-state index is -0.118. The average molecular weight is 283 g/mol. The highest BCUT2D eigenvalue weighted by molar-refractivity contribution is 5.78. The Morgan fingerprint density at radius 2 is 1.86 bits per heavy atom. The van der Waals surface area contributed by atoms with Crippen molar-refractivity contribution in [1.29, 1.82) is 0 Å². The second-order valence-electron chi connectivity index (χ2n) is 5.25. The molecule has 1 unspecified atom stereocenters. The number of nitrogens with one attached hydrogen (secondary N) is 1. The second kappa shape index (κ2) is 6.93. The van der Waals surface area contributed by atoms with Gasteiger partial charge in [-0.05, 0) is 44.0 Å². The van der Waals surface area contributed by atoms with E-state index in [4.69, 9.17) is 4.74 Å². The van der Waals surface area contributed by atoms with Gasteiger partial charge in [0.15, 0.2) is 6.61 Å². The van der Waals surface area contributed by atoms with Crippen LogP contribution in [-0.4, -0.2) is 12.5 Å². The first-order valence-electron chi connectivity index (χ1n) is 7.10. The molecule has 1 amide bonds. The van der Waals surface area contributed by atoms with E-state index in [-0.39, 0.29) is 18.6 Å². The standard InChI is InChI=1S/C18H21NO2/c1-13-9-10-14(2)17(11-13)15(3)19-18(20)12-21-16-7-5-4-6-8-16/h4-11,15H,12H2,1-3H3,(H,19,20). The van der Waals surface area contributed by atoms with Gasteiger partial charge in [-0.2, -0.15) is 0 Å². The van der Waals surface area contributed by atoms with E-state index in [0.29, 0.717) is 5.75 Å². The number of hydrogen-bond acceptors (Lipinski definition) is 2. The van der Waals surface area contributed by atoms with Gasteiger partial charge in [0.25, 0.3) is 5.91 Å². The van der Waals surface area contributed by atoms with Crippen LogP contribution in [0.2, 0.25) is 0 Å². The highest BCUT2D eigenvalue weighted by Crippen LogP contribution is 2.18. The molecule has 0 bridgehead atoms. The lowest BCUT2D eigenvalue weighted by Crippen LogP contribution is -2.31. The van der Waals surface area contributed by atoms with Gasteiger partial charge in [-0.3, -0.25) is 4.79 Å². The van der Waals surface area contributed by atoms with Gasteiger partial charge in [0.2, 0.25) is 0 Å². The van der Waals surface area contributed by atoms with Crippen molar-refractivity contribution >= 4 is 5.91 Å². The molecule has 0 aliphatic carbocycles. The third-order valence-electron chi connectivity index (χ3n) is 3.39. The molecular formula is C18H21NO2. The molecule has 2 aromatic carbocycles. The number of rotatable bonds is 5. The van der Waals surface area contributed by atoms with E-state index in [1.54, 1.807) is 0 Å². The first-order valence-corrected chi connectivity index (χ1v) is 7.10. The molecule has 0 aromatic heterocycles. The van der Waals surface area contributed by atoms with Crippen LogP contribution in [0.1, 0.15) is 29.7 Å². The second-order valence-corrected chi connectivity index (χ2v) is 5.25. The van der Waals surface area contributed by atoms with E-state index in [9.17, 15) is 4.79 Å². The fourth-order valence-corrected chi connectivity index (χ4v) is 2.25. The summed E-state index contributed by atoms with van der Waals surface area (Å²) in [5.74, 6) is 0.583. The van der Waals surface area contributed by atoms with E-state index in [1.807, 2.05) is 37.3 Å². The molecule has 1 atom stereocenters. The Labute approximate surface area is 126 Å². The first-order chi connectivity index (χ1) is 10.1. The third-order valence-corrected chi connectivity index (χ3v) is 3.39. The van der Waals surface area contributed by atoms with Gasteiger partial charge in [-0.1, -0.05) is 42.0 Å². The van der Waals surface area contributed by atoms with Gasteiger partial charge >= 0.3 is 0 Å². The van der Waals surface area contributed by atoms with Gasteiger partial charge in [0.1, 0.15) is 5.75 Å². The van der Waals surface area contributed by atoms with Crippen LogP contribution in [0.5, 0.6) is 5.75 Å². The van der Waals surface area contributed by atoms with Gasteiger partial charge < -0.3 is 10.1 Å². The molecule has 110 valence electrons. The maximum Gasteiger partial charge on any atom is 0.258 e. The number of ether oxygens (including phenoxy) is 1. The summed E-state index contributed by atoms with van der Waals surface area (Å²) in [6, 6.07) is 15.6. The number of carbonyl (C=O) groups is 1. The van der Waals surface area contributed by atoms with Crippen LogP contribution >= 0.6 is 0 Å². The molecule has 1 N–H and O–H groups in total. The summed E-state index contributed by atoms with van der Waals surface area (Å²) in [7, 11) is 0. The molecule has 21 heavy (non-hydrogen) atoms. The van der Waals surface area contributed by atoms with Crippen molar-refractivity contribution in [2.45, 2.75) is 26.8 Å². The molecule has 3 nitrogen and oxygen atoms in total. The number of amides is 1. The summed E-state index contributed by atoms with van der Waals surface area (Å²) in [5.41, 5.74) is 3.51. The summed E-state index contributed by atoms with van der Waals surface area (Å²) >= 11 is 0. The molecule has 0 saturated heterocycles. The van der Waals surface area contributed by atoms with Crippen molar-refractivity contribution in [3.05, 3.63) is 65.2 Å². The van der Waals surface area contributed by atoms with Crippen molar-refractivity contribution in [3.63, 3.8) is 0 Å². The highest BCUT2D eigenvalue weighted by Gasteiger charge is 2.12. The van der Waals surface area contributed by atoms with Gasteiger partial charge in [0.05, 0.1) is 6.04 Å². The number of carbonyl (C=O) groups excluding carboxylic acids is 1. The first kappa shape index (κ1) is 15.1. The smallest absolute Gasteiger partial charge is 0.258 e. The Hall–Kier alpha value is -2.29. The Balaban J connectivity index is 1.91. The molecule has 2 rings (SSSR count). The van der Waals surface area contributed by atoms with Crippen molar-refractivity contribution in [2.24, 2.45) is 0 Å². The van der Waals surface area contributed by atoms with Crippen molar-refractivity contribution in [2.75, 3.05) is 6.61 Å². The molecular weight excluding hydrogens is 262 g/mol. The van der Waals surface area contributed by atoms with Crippen LogP contribution in [0, 0.1) is 13.8 Å². The lowest BCUT2D eigenvalue weighted by atomic mass is 10.00. The van der Waals surface area contributed by atoms with Crippen LogP contribution in [-0.2, 0) is 4.79 Å². The summed E-state index contributed by atoms with van der Waals surface area (Å²) in [4.78, 5) is 12.0.